The number of aromatic amines is 2. The lowest BCUT2D eigenvalue weighted by molar-refractivity contribution is -0.131. The molecule has 2 rings (SSSR count). The number of carbonyl (C=O) groups is 1. The lowest BCUT2D eigenvalue weighted by atomic mass is 10.1. The third-order valence-corrected chi connectivity index (χ3v) is 2.37. The Hall–Kier alpha value is -2.34. The van der Waals surface area contributed by atoms with E-state index in [0.717, 1.165) is 11.6 Å². The molecule has 17 heavy (non-hydrogen) atoms. The second kappa shape index (κ2) is 4.26. The zero-order chi connectivity index (χ0) is 12.4. The van der Waals surface area contributed by atoms with E-state index < -0.39 is 12.0 Å². The van der Waals surface area contributed by atoms with Crippen molar-refractivity contribution >= 4 is 17.0 Å². The summed E-state index contributed by atoms with van der Waals surface area (Å²) in [5.41, 5.74) is 7.56. The highest BCUT2D eigenvalue weighted by Gasteiger charge is 2.05. The van der Waals surface area contributed by atoms with Crippen LogP contribution in [-0.4, -0.2) is 21.0 Å². The van der Waals surface area contributed by atoms with E-state index in [2.05, 4.69) is 9.97 Å². The van der Waals surface area contributed by atoms with Gasteiger partial charge in [-0.2, -0.15) is 0 Å². The van der Waals surface area contributed by atoms with Gasteiger partial charge in [-0.25, -0.2) is 9.59 Å². The number of nitrogens with one attached hydrogen (secondary N) is 2. The second-order valence-electron chi connectivity index (χ2n) is 3.61. The van der Waals surface area contributed by atoms with Crippen LogP contribution in [0.5, 0.6) is 0 Å². The van der Waals surface area contributed by atoms with Crippen LogP contribution in [0.2, 0.25) is 0 Å². The van der Waals surface area contributed by atoms with Crippen molar-refractivity contribution in [2.45, 2.75) is 6.04 Å². The molecule has 0 fully saturated rings. The van der Waals surface area contributed by atoms with Crippen LogP contribution in [0.3, 0.4) is 0 Å². The zero-order valence-corrected chi connectivity index (χ0v) is 8.81. The summed E-state index contributed by atoms with van der Waals surface area (Å²) in [6.07, 6.45) is 2.38. The first-order chi connectivity index (χ1) is 8.06. The highest BCUT2D eigenvalue weighted by atomic mass is 16.4. The van der Waals surface area contributed by atoms with Crippen LogP contribution in [0.4, 0.5) is 0 Å². The van der Waals surface area contributed by atoms with Gasteiger partial charge < -0.3 is 20.8 Å². The van der Waals surface area contributed by atoms with Crippen molar-refractivity contribution in [2.24, 2.45) is 5.73 Å². The molecule has 88 valence electrons. The molecule has 0 amide bonds. The first-order valence-corrected chi connectivity index (χ1v) is 4.95. The molecule has 5 N–H and O–H groups in total. The number of fused-ring (bicyclic) bond motifs is 1. The third-order valence-electron chi connectivity index (χ3n) is 2.37. The van der Waals surface area contributed by atoms with Crippen LogP contribution in [0.25, 0.3) is 11.0 Å². The van der Waals surface area contributed by atoms with E-state index in [-0.39, 0.29) is 5.69 Å². The fourth-order valence-corrected chi connectivity index (χ4v) is 1.55. The molecule has 0 bridgehead atoms. The van der Waals surface area contributed by atoms with Crippen LogP contribution in [0.1, 0.15) is 11.6 Å². The Labute approximate surface area is 95.8 Å². The summed E-state index contributed by atoms with van der Waals surface area (Å²) < 4.78 is 0. The first-order valence-electron chi connectivity index (χ1n) is 4.95. The fraction of sp³-hybridized carbons (Fsp3) is 0.0909. The standard InChI is InChI=1S/C11H11N3O3/c12-7(2-4-10(15)16)6-1-3-8-9(5-6)14-11(17)13-8/h1-5,7H,12H2,(H,15,16)(H2,13,14,17)/b4-2+. The van der Waals surface area contributed by atoms with Gasteiger partial charge in [0.05, 0.1) is 11.0 Å². The minimum absolute atomic E-state index is 0.285. The largest absolute Gasteiger partial charge is 0.478 e. The summed E-state index contributed by atoms with van der Waals surface area (Å²) in [6, 6.07) is 4.65. The highest BCUT2D eigenvalue weighted by Crippen LogP contribution is 2.16. The Morgan fingerprint density at radius 2 is 2.06 bits per heavy atom. The molecular formula is C11H11N3O3. The molecule has 0 spiro atoms. The normalized spacial score (nSPS) is 13.2. The number of nitrogens with two attached hydrogens (primary N) is 1. The number of H-pyrrole nitrogens is 2. The Kier molecular flexibility index (Phi) is 2.80. The van der Waals surface area contributed by atoms with E-state index in [9.17, 15) is 9.59 Å². The SMILES string of the molecule is NC(/C=C/C(=O)O)c1ccc2[nH]c(=O)[nH]c2c1. The molecule has 0 radical (unpaired) electrons. The number of hydrogen-bond acceptors (Lipinski definition) is 3. The number of imidazole rings is 1. The van der Waals surface area contributed by atoms with Gasteiger partial charge in [0, 0.05) is 12.1 Å². The summed E-state index contributed by atoms with van der Waals surface area (Å²) in [4.78, 5) is 26.6. The molecular weight excluding hydrogens is 222 g/mol. The van der Waals surface area contributed by atoms with Gasteiger partial charge >= 0.3 is 11.7 Å². The van der Waals surface area contributed by atoms with Gasteiger partial charge in [-0.3, -0.25) is 0 Å². The summed E-state index contributed by atoms with van der Waals surface area (Å²) in [5, 5.41) is 8.49. The number of aromatic nitrogens is 2. The van der Waals surface area contributed by atoms with Gasteiger partial charge in [0.2, 0.25) is 0 Å². The summed E-state index contributed by atoms with van der Waals surface area (Å²) in [7, 11) is 0. The van der Waals surface area contributed by atoms with Crippen molar-refractivity contribution in [1.29, 1.82) is 0 Å². The minimum Gasteiger partial charge on any atom is -0.478 e. The van der Waals surface area contributed by atoms with Crippen molar-refractivity contribution in [3.63, 3.8) is 0 Å². The molecule has 0 saturated carbocycles. The molecule has 1 heterocycles. The first kappa shape index (κ1) is 11.2. The molecule has 0 aliphatic heterocycles. The average Bonchev–Trinajstić information content (AvgIpc) is 2.64. The van der Waals surface area contributed by atoms with Crippen LogP contribution in [0.15, 0.2) is 35.1 Å². The zero-order valence-electron chi connectivity index (χ0n) is 8.81. The number of rotatable bonds is 3. The van der Waals surface area contributed by atoms with E-state index in [1.807, 2.05) is 0 Å². The molecule has 1 unspecified atom stereocenters. The lowest BCUT2D eigenvalue weighted by Crippen LogP contribution is -2.07. The van der Waals surface area contributed by atoms with Gasteiger partial charge in [-0.15, -0.1) is 0 Å². The maximum absolute atomic E-state index is 11.1. The lowest BCUT2D eigenvalue weighted by Gasteiger charge is -2.06. The maximum Gasteiger partial charge on any atom is 0.328 e. The van der Waals surface area contributed by atoms with Crippen LogP contribution in [-0.2, 0) is 4.79 Å². The molecule has 1 aromatic carbocycles. The average molecular weight is 233 g/mol. The number of carboxylic acids is 1. The number of carboxylic acid groups (broad SMARTS) is 1. The molecule has 0 aliphatic rings. The molecule has 1 aromatic heterocycles. The molecule has 6 heteroatoms. The Morgan fingerprint density at radius 1 is 1.35 bits per heavy atom. The van der Waals surface area contributed by atoms with Gasteiger partial charge in [0.1, 0.15) is 0 Å². The van der Waals surface area contributed by atoms with E-state index in [1.165, 1.54) is 6.08 Å². The van der Waals surface area contributed by atoms with Gasteiger partial charge in [-0.1, -0.05) is 12.1 Å². The van der Waals surface area contributed by atoms with Crippen molar-refractivity contribution in [2.75, 3.05) is 0 Å². The predicted octanol–water partition coefficient (Wildman–Crippen LogP) is 0.497. The predicted molar refractivity (Wildman–Crippen MR) is 62.6 cm³/mol. The van der Waals surface area contributed by atoms with Crippen LogP contribution < -0.4 is 11.4 Å². The highest BCUT2D eigenvalue weighted by molar-refractivity contribution is 5.80. The monoisotopic (exact) mass is 233 g/mol. The molecule has 6 nitrogen and oxygen atoms in total. The summed E-state index contributed by atoms with van der Waals surface area (Å²) in [6.45, 7) is 0. The second-order valence-corrected chi connectivity index (χ2v) is 3.61. The molecule has 0 saturated heterocycles. The number of benzene rings is 1. The van der Waals surface area contributed by atoms with E-state index in [0.29, 0.717) is 11.0 Å². The molecule has 2 aromatic rings. The van der Waals surface area contributed by atoms with Crippen LogP contribution >= 0.6 is 0 Å². The van der Waals surface area contributed by atoms with Crippen molar-refractivity contribution in [1.82, 2.24) is 9.97 Å². The van der Waals surface area contributed by atoms with Crippen molar-refractivity contribution < 1.29 is 9.90 Å². The van der Waals surface area contributed by atoms with E-state index in [1.54, 1.807) is 18.2 Å². The molecule has 0 aliphatic carbocycles. The van der Waals surface area contributed by atoms with E-state index in [4.69, 9.17) is 10.8 Å². The topological polar surface area (TPSA) is 112 Å². The quantitative estimate of drug-likeness (QED) is 0.578. The van der Waals surface area contributed by atoms with Crippen molar-refractivity contribution in [3.8, 4) is 0 Å². The van der Waals surface area contributed by atoms with Crippen molar-refractivity contribution in [3.05, 3.63) is 46.4 Å². The molecule has 1 atom stereocenters. The Balaban J connectivity index is 2.35. The van der Waals surface area contributed by atoms with Gasteiger partial charge in [0.25, 0.3) is 0 Å². The smallest absolute Gasteiger partial charge is 0.328 e. The fourth-order valence-electron chi connectivity index (χ4n) is 1.55. The van der Waals surface area contributed by atoms with Crippen LogP contribution in [0, 0.1) is 0 Å². The maximum atomic E-state index is 11.1. The third kappa shape index (κ3) is 2.43. The Bertz CT molecular complexity index is 639. The van der Waals surface area contributed by atoms with Gasteiger partial charge in [-0.05, 0) is 17.7 Å². The minimum atomic E-state index is -1.04. The van der Waals surface area contributed by atoms with E-state index >= 15 is 0 Å². The Morgan fingerprint density at radius 3 is 2.76 bits per heavy atom. The number of hydrogen-bond donors (Lipinski definition) is 4. The van der Waals surface area contributed by atoms with Gasteiger partial charge in [0.15, 0.2) is 0 Å². The summed E-state index contributed by atoms with van der Waals surface area (Å²) >= 11 is 0. The number of aliphatic carboxylic acids is 1. The summed E-state index contributed by atoms with van der Waals surface area (Å²) in [5.74, 6) is -1.04.